The number of halogens is 1. The molecule has 2 amide bonds. The van der Waals surface area contributed by atoms with Gasteiger partial charge in [-0.25, -0.2) is 4.39 Å². The van der Waals surface area contributed by atoms with Crippen molar-refractivity contribution in [3.05, 3.63) is 30.1 Å². The van der Waals surface area contributed by atoms with Crippen molar-refractivity contribution in [1.82, 2.24) is 4.90 Å². The molecule has 0 aliphatic carbocycles. The summed E-state index contributed by atoms with van der Waals surface area (Å²) in [5.41, 5.74) is 0.498. The highest BCUT2D eigenvalue weighted by Crippen LogP contribution is 2.11. The van der Waals surface area contributed by atoms with E-state index in [9.17, 15) is 14.0 Å². The van der Waals surface area contributed by atoms with Gasteiger partial charge in [0.1, 0.15) is 12.2 Å². The lowest BCUT2D eigenvalue weighted by Gasteiger charge is -2.26. The average Bonchev–Trinajstić information content (AvgIpc) is 2.42. The predicted octanol–water partition coefficient (Wildman–Crippen LogP) is 2.17. The van der Waals surface area contributed by atoms with Gasteiger partial charge in [0.15, 0.2) is 0 Å². The van der Waals surface area contributed by atoms with E-state index in [1.165, 1.54) is 24.3 Å². The van der Waals surface area contributed by atoms with Crippen molar-refractivity contribution in [2.24, 2.45) is 0 Å². The normalized spacial score (nSPS) is 15.1. The number of likely N-dealkylation sites (tertiary alicyclic amines) is 1. The van der Waals surface area contributed by atoms with E-state index >= 15 is 0 Å². The maximum absolute atomic E-state index is 12.7. The molecule has 0 radical (unpaired) electrons. The van der Waals surface area contributed by atoms with Crippen molar-refractivity contribution in [2.45, 2.75) is 25.7 Å². The molecule has 0 spiro atoms. The minimum atomic E-state index is -0.359. The Kier molecular flexibility index (Phi) is 4.49. The fraction of sp³-hybridized carbons (Fsp3) is 0.429. The van der Waals surface area contributed by atoms with E-state index in [1.54, 1.807) is 4.90 Å². The van der Waals surface area contributed by atoms with Crippen LogP contribution in [0.1, 0.15) is 25.7 Å². The van der Waals surface area contributed by atoms with E-state index in [0.717, 1.165) is 32.4 Å². The molecular formula is C14H17FN2O2. The Bertz CT molecular complexity index is 453. The van der Waals surface area contributed by atoms with Crippen LogP contribution in [0, 0.1) is 5.82 Å². The summed E-state index contributed by atoms with van der Waals surface area (Å²) >= 11 is 0. The number of piperidine rings is 1. The maximum Gasteiger partial charge on any atom is 0.233 e. The van der Waals surface area contributed by atoms with Gasteiger partial charge in [-0.05, 0) is 43.5 Å². The minimum Gasteiger partial charge on any atom is -0.342 e. The Morgan fingerprint density at radius 2 is 1.74 bits per heavy atom. The van der Waals surface area contributed by atoms with Crippen molar-refractivity contribution >= 4 is 17.5 Å². The fourth-order valence-electron chi connectivity index (χ4n) is 2.13. The van der Waals surface area contributed by atoms with Crippen molar-refractivity contribution in [3.63, 3.8) is 0 Å². The zero-order valence-corrected chi connectivity index (χ0v) is 10.7. The predicted molar refractivity (Wildman–Crippen MR) is 70.1 cm³/mol. The Morgan fingerprint density at radius 1 is 1.11 bits per heavy atom. The zero-order valence-electron chi connectivity index (χ0n) is 10.7. The van der Waals surface area contributed by atoms with Crippen LogP contribution in [-0.2, 0) is 9.59 Å². The molecule has 1 aliphatic heterocycles. The van der Waals surface area contributed by atoms with E-state index < -0.39 is 0 Å². The first-order valence-corrected chi connectivity index (χ1v) is 6.48. The SMILES string of the molecule is O=C(CC(=O)N1CCCCC1)Nc1ccc(F)cc1. The number of benzene rings is 1. The van der Waals surface area contributed by atoms with Crippen molar-refractivity contribution < 1.29 is 14.0 Å². The number of amides is 2. The number of nitrogens with one attached hydrogen (secondary N) is 1. The molecule has 1 aromatic rings. The van der Waals surface area contributed by atoms with Crippen LogP contribution < -0.4 is 5.32 Å². The molecule has 0 saturated carbocycles. The van der Waals surface area contributed by atoms with Crippen LogP contribution in [-0.4, -0.2) is 29.8 Å². The van der Waals surface area contributed by atoms with Gasteiger partial charge in [0.05, 0.1) is 0 Å². The first-order chi connectivity index (χ1) is 9.15. The second-order valence-electron chi connectivity index (χ2n) is 4.67. The summed E-state index contributed by atoms with van der Waals surface area (Å²) in [5.74, 6) is -0.858. The fourth-order valence-corrected chi connectivity index (χ4v) is 2.13. The summed E-state index contributed by atoms with van der Waals surface area (Å²) in [5, 5.41) is 2.59. The molecule has 102 valence electrons. The lowest BCUT2D eigenvalue weighted by atomic mass is 10.1. The van der Waals surface area contributed by atoms with Gasteiger partial charge in [-0.1, -0.05) is 0 Å². The highest BCUT2D eigenvalue weighted by atomic mass is 19.1. The van der Waals surface area contributed by atoms with E-state index in [2.05, 4.69) is 5.32 Å². The zero-order chi connectivity index (χ0) is 13.7. The topological polar surface area (TPSA) is 49.4 Å². The summed E-state index contributed by atoms with van der Waals surface area (Å²) in [6.45, 7) is 1.48. The summed E-state index contributed by atoms with van der Waals surface area (Å²) in [7, 11) is 0. The lowest BCUT2D eigenvalue weighted by Crippen LogP contribution is -2.37. The molecule has 0 atom stereocenters. The van der Waals surface area contributed by atoms with E-state index in [1.807, 2.05) is 0 Å². The number of carbonyl (C=O) groups excluding carboxylic acids is 2. The van der Waals surface area contributed by atoms with Gasteiger partial charge in [-0.15, -0.1) is 0 Å². The average molecular weight is 264 g/mol. The van der Waals surface area contributed by atoms with Gasteiger partial charge < -0.3 is 10.2 Å². The quantitative estimate of drug-likeness (QED) is 0.851. The highest BCUT2D eigenvalue weighted by Gasteiger charge is 2.19. The minimum absolute atomic E-state index is 0.140. The molecule has 19 heavy (non-hydrogen) atoms. The summed E-state index contributed by atoms with van der Waals surface area (Å²) in [6.07, 6.45) is 3.00. The Labute approximate surface area is 111 Å². The molecule has 1 heterocycles. The molecule has 5 heteroatoms. The van der Waals surface area contributed by atoms with E-state index in [4.69, 9.17) is 0 Å². The molecule has 1 aliphatic rings. The Hall–Kier alpha value is -1.91. The molecule has 1 fully saturated rings. The van der Waals surface area contributed by atoms with Gasteiger partial charge >= 0.3 is 0 Å². The van der Waals surface area contributed by atoms with Crippen LogP contribution in [0.2, 0.25) is 0 Å². The van der Waals surface area contributed by atoms with E-state index in [0.29, 0.717) is 5.69 Å². The number of nitrogens with zero attached hydrogens (tertiary/aromatic N) is 1. The van der Waals surface area contributed by atoms with E-state index in [-0.39, 0.29) is 24.1 Å². The molecule has 1 aromatic carbocycles. The molecule has 0 bridgehead atoms. The number of hydrogen-bond donors (Lipinski definition) is 1. The first kappa shape index (κ1) is 13.5. The molecular weight excluding hydrogens is 247 g/mol. The number of hydrogen-bond acceptors (Lipinski definition) is 2. The van der Waals surface area contributed by atoms with Crippen LogP contribution in [0.25, 0.3) is 0 Å². The number of anilines is 1. The second kappa shape index (κ2) is 6.31. The van der Waals surface area contributed by atoms with Gasteiger partial charge in [-0.3, -0.25) is 9.59 Å². The third-order valence-electron chi connectivity index (χ3n) is 3.15. The van der Waals surface area contributed by atoms with Gasteiger partial charge in [0.25, 0.3) is 0 Å². The van der Waals surface area contributed by atoms with Crippen molar-refractivity contribution in [3.8, 4) is 0 Å². The van der Waals surface area contributed by atoms with Gasteiger partial charge in [-0.2, -0.15) is 0 Å². The third-order valence-corrected chi connectivity index (χ3v) is 3.15. The lowest BCUT2D eigenvalue weighted by molar-refractivity contribution is -0.135. The van der Waals surface area contributed by atoms with Crippen LogP contribution >= 0.6 is 0 Å². The maximum atomic E-state index is 12.7. The van der Waals surface area contributed by atoms with Crippen LogP contribution in [0.3, 0.4) is 0 Å². The summed E-state index contributed by atoms with van der Waals surface area (Å²) < 4.78 is 12.7. The second-order valence-corrected chi connectivity index (χ2v) is 4.67. The Balaban J connectivity index is 1.83. The van der Waals surface area contributed by atoms with Crippen LogP contribution in [0.4, 0.5) is 10.1 Å². The largest absolute Gasteiger partial charge is 0.342 e. The van der Waals surface area contributed by atoms with Crippen molar-refractivity contribution in [1.29, 1.82) is 0 Å². The molecule has 1 saturated heterocycles. The van der Waals surface area contributed by atoms with Crippen LogP contribution in [0.5, 0.6) is 0 Å². The highest BCUT2D eigenvalue weighted by molar-refractivity contribution is 6.03. The van der Waals surface area contributed by atoms with Crippen molar-refractivity contribution in [2.75, 3.05) is 18.4 Å². The molecule has 0 unspecified atom stereocenters. The number of carbonyl (C=O) groups is 2. The summed E-state index contributed by atoms with van der Waals surface area (Å²) in [4.78, 5) is 25.3. The number of rotatable bonds is 3. The van der Waals surface area contributed by atoms with Crippen LogP contribution in [0.15, 0.2) is 24.3 Å². The van der Waals surface area contributed by atoms with Gasteiger partial charge in [0, 0.05) is 18.8 Å². The van der Waals surface area contributed by atoms with Gasteiger partial charge in [0.2, 0.25) is 11.8 Å². The summed E-state index contributed by atoms with van der Waals surface area (Å²) in [6, 6.07) is 5.47. The molecule has 0 aromatic heterocycles. The monoisotopic (exact) mass is 264 g/mol. The Morgan fingerprint density at radius 3 is 2.37 bits per heavy atom. The third kappa shape index (κ3) is 4.05. The smallest absolute Gasteiger partial charge is 0.233 e. The molecule has 2 rings (SSSR count). The molecule has 4 nitrogen and oxygen atoms in total. The first-order valence-electron chi connectivity index (χ1n) is 6.48. The molecule has 1 N–H and O–H groups in total. The standard InChI is InChI=1S/C14H17FN2O2/c15-11-4-6-12(7-5-11)16-13(18)10-14(19)17-8-2-1-3-9-17/h4-7H,1-3,8-10H2,(H,16,18).